The average molecular weight is 387 g/mol. The molecule has 2 aromatic heterocycles. The molecule has 0 aliphatic carbocycles. The van der Waals surface area contributed by atoms with Gasteiger partial charge in [-0.1, -0.05) is 6.92 Å². The van der Waals surface area contributed by atoms with Gasteiger partial charge in [-0.05, 0) is 46.3 Å². The molecule has 21 heavy (non-hydrogen) atoms. The molecule has 1 aromatic carbocycles. The minimum absolute atomic E-state index is 0.254. The Bertz CT molecular complexity index is 899. The molecule has 0 radical (unpaired) electrons. The summed E-state index contributed by atoms with van der Waals surface area (Å²) in [6, 6.07) is 8.30. The van der Waals surface area contributed by atoms with E-state index in [4.69, 9.17) is 4.42 Å². The quantitative estimate of drug-likeness (QED) is 0.734. The molecule has 0 saturated carbocycles. The van der Waals surface area contributed by atoms with Crippen molar-refractivity contribution in [3.05, 3.63) is 40.0 Å². The average Bonchev–Trinajstić information content (AvgIpc) is 3.03. The van der Waals surface area contributed by atoms with E-state index < -0.39 is 10.0 Å². The van der Waals surface area contributed by atoms with Crippen molar-refractivity contribution in [3.8, 4) is 0 Å². The summed E-state index contributed by atoms with van der Waals surface area (Å²) in [7, 11) is -3.58. The third-order valence-corrected chi connectivity index (χ3v) is 6.30. The number of hydrogen-bond donors (Lipinski definition) is 1. The summed E-state index contributed by atoms with van der Waals surface area (Å²) in [4.78, 5) is 4.29. The van der Waals surface area contributed by atoms with Crippen LogP contribution < -0.4 is 4.72 Å². The number of sulfonamides is 1. The highest BCUT2D eigenvalue weighted by Gasteiger charge is 2.17. The number of thiophene rings is 1. The monoisotopic (exact) mass is 386 g/mol. The van der Waals surface area contributed by atoms with Crippen LogP contribution in [0.25, 0.3) is 11.1 Å². The Hall–Kier alpha value is -1.38. The van der Waals surface area contributed by atoms with Crippen molar-refractivity contribution in [2.75, 3.05) is 4.72 Å². The second-order valence-electron chi connectivity index (χ2n) is 4.31. The maximum Gasteiger partial charge on any atom is 0.271 e. The molecule has 0 fully saturated rings. The van der Waals surface area contributed by atoms with Crippen LogP contribution in [0.3, 0.4) is 0 Å². The zero-order valence-electron chi connectivity index (χ0n) is 11.0. The molecule has 8 heteroatoms. The van der Waals surface area contributed by atoms with Gasteiger partial charge in [-0.3, -0.25) is 4.72 Å². The third-order valence-electron chi connectivity index (χ3n) is 2.80. The fraction of sp³-hybridized carbons (Fsp3) is 0.154. The lowest BCUT2D eigenvalue weighted by atomic mass is 10.3. The summed E-state index contributed by atoms with van der Waals surface area (Å²) in [5.41, 5.74) is 1.75. The summed E-state index contributed by atoms with van der Waals surface area (Å²) in [5, 5.41) is 0. The summed E-state index contributed by atoms with van der Waals surface area (Å²) in [6.45, 7) is 1.95. The molecule has 110 valence electrons. The minimum atomic E-state index is -3.58. The van der Waals surface area contributed by atoms with Crippen LogP contribution in [0.5, 0.6) is 0 Å². The molecule has 0 atom stereocenters. The maximum absolute atomic E-state index is 12.2. The first-order valence-electron chi connectivity index (χ1n) is 6.15. The second-order valence-corrected chi connectivity index (χ2v) is 8.68. The van der Waals surface area contributed by atoms with Gasteiger partial charge < -0.3 is 4.42 Å². The fourth-order valence-corrected chi connectivity index (χ4v) is 4.90. The normalized spacial score (nSPS) is 11.9. The molecule has 0 aliphatic rings. The Balaban J connectivity index is 1.94. The van der Waals surface area contributed by atoms with E-state index in [9.17, 15) is 8.42 Å². The van der Waals surface area contributed by atoms with Gasteiger partial charge in [-0.2, -0.15) is 0 Å². The van der Waals surface area contributed by atoms with Gasteiger partial charge in [-0.15, -0.1) is 11.3 Å². The summed E-state index contributed by atoms with van der Waals surface area (Å²) in [5.74, 6) is 0.632. The first-order chi connectivity index (χ1) is 9.98. The molecule has 0 bridgehead atoms. The number of anilines is 1. The Morgan fingerprint density at radius 1 is 1.33 bits per heavy atom. The lowest BCUT2D eigenvalue weighted by molar-refractivity contribution is 0.538. The molecule has 5 nitrogen and oxygen atoms in total. The van der Waals surface area contributed by atoms with Crippen LogP contribution in [0, 0.1) is 0 Å². The van der Waals surface area contributed by atoms with E-state index in [1.54, 1.807) is 30.3 Å². The van der Waals surface area contributed by atoms with Crippen LogP contribution in [0.1, 0.15) is 12.8 Å². The Morgan fingerprint density at radius 2 is 2.14 bits per heavy atom. The summed E-state index contributed by atoms with van der Waals surface area (Å²) < 4.78 is 33.6. The zero-order chi connectivity index (χ0) is 15.0. The SMILES string of the molecule is CCc1nc2cc(NS(=O)(=O)c3ccc(Br)s3)ccc2o1. The Labute approximate surface area is 134 Å². The van der Waals surface area contributed by atoms with E-state index >= 15 is 0 Å². The number of fused-ring (bicyclic) bond motifs is 1. The number of rotatable bonds is 4. The fourth-order valence-electron chi connectivity index (χ4n) is 1.84. The number of hydrogen-bond acceptors (Lipinski definition) is 5. The highest BCUT2D eigenvalue weighted by Crippen LogP contribution is 2.28. The van der Waals surface area contributed by atoms with Crippen molar-refractivity contribution in [2.45, 2.75) is 17.6 Å². The van der Waals surface area contributed by atoms with Crippen LogP contribution in [-0.2, 0) is 16.4 Å². The van der Waals surface area contributed by atoms with Crippen LogP contribution in [0.2, 0.25) is 0 Å². The lowest BCUT2D eigenvalue weighted by Gasteiger charge is -2.05. The van der Waals surface area contributed by atoms with Crippen LogP contribution in [0.4, 0.5) is 5.69 Å². The standard InChI is InChI=1S/C13H11BrN2O3S2/c1-2-12-15-9-7-8(3-4-10(9)19-12)16-21(17,18)13-6-5-11(14)20-13/h3-7,16H,2H2,1H3. The number of benzene rings is 1. The van der Waals surface area contributed by atoms with Gasteiger partial charge in [0, 0.05) is 6.42 Å². The van der Waals surface area contributed by atoms with E-state index in [1.165, 1.54) is 0 Å². The highest BCUT2D eigenvalue weighted by molar-refractivity contribution is 9.11. The van der Waals surface area contributed by atoms with Gasteiger partial charge in [0.25, 0.3) is 10.0 Å². The molecule has 0 saturated heterocycles. The smallest absolute Gasteiger partial charge is 0.271 e. The maximum atomic E-state index is 12.2. The minimum Gasteiger partial charge on any atom is -0.441 e. The lowest BCUT2D eigenvalue weighted by Crippen LogP contribution is -2.11. The molecule has 0 unspecified atom stereocenters. The highest BCUT2D eigenvalue weighted by atomic mass is 79.9. The number of aryl methyl sites for hydroxylation is 1. The molecular weight excluding hydrogens is 376 g/mol. The van der Waals surface area contributed by atoms with E-state index in [0.717, 1.165) is 15.1 Å². The van der Waals surface area contributed by atoms with Crippen molar-refractivity contribution < 1.29 is 12.8 Å². The van der Waals surface area contributed by atoms with Gasteiger partial charge >= 0.3 is 0 Å². The second kappa shape index (κ2) is 5.43. The summed E-state index contributed by atoms with van der Waals surface area (Å²) in [6.07, 6.45) is 0.693. The van der Waals surface area contributed by atoms with Crippen LogP contribution in [-0.4, -0.2) is 13.4 Å². The first-order valence-corrected chi connectivity index (χ1v) is 9.25. The van der Waals surface area contributed by atoms with Gasteiger partial charge in [-0.25, -0.2) is 13.4 Å². The number of nitrogens with zero attached hydrogens (tertiary/aromatic N) is 1. The molecular formula is C13H11BrN2O3S2. The molecule has 3 rings (SSSR count). The predicted octanol–water partition coefficient (Wildman–Crippen LogP) is 4.02. The molecule has 0 spiro atoms. The number of halogens is 1. The summed E-state index contributed by atoms with van der Waals surface area (Å²) >= 11 is 4.41. The largest absolute Gasteiger partial charge is 0.441 e. The first kappa shape index (κ1) is 14.6. The molecule has 2 heterocycles. The number of aromatic nitrogens is 1. The zero-order valence-corrected chi connectivity index (χ0v) is 14.2. The Kier molecular flexibility index (Phi) is 3.76. The molecule has 3 aromatic rings. The predicted molar refractivity (Wildman–Crippen MR) is 86.2 cm³/mol. The third kappa shape index (κ3) is 2.97. The van der Waals surface area contributed by atoms with E-state index in [-0.39, 0.29) is 4.21 Å². The number of nitrogens with one attached hydrogen (secondary N) is 1. The number of oxazole rings is 1. The van der Waals surface area contributed by atoms with Crippen molar-refractivity contribution in [1.29, 1.82) is 0 Å². The molecule has 0 amide bonds. The van der Waals surface area contributed by atoms with E-state index in [1.807, 2.05) is 6.92 Å². The van der Waals surface area contributed by atoms with Gasteiger partial charge in [0.2, 0.25) is 0 Å². The Morgan fingerprint density at radius 3 is 2.81 bits per heavy atom. The van der Waals surface area contributed by atoms with E-state index in [2.05, 4.69) is 25.6 Å². The van der Waals surface area contributed by atoms with Gasteiger partial charge in [0.1, 0.15) is 9.73 Å². The van der Waals surface area contributed by atoms with Crippen molar-refractivity contribution >= 4 is 54.1 Å². The van der Waals surface area contributed by atoms with E-state index in [0.29, 0.717) is 29.1 Å². The molecule has 0 aliphatic heterocycles. The van der Waals surface area contributed by atoms with Crippen LogP contribution in [0.15, 0.2) is 42.7 Å². The van der Waals surface area contributed by atoms with Gasteiger partial charge in [0.15, 0.2) is 11.5 Å². The molecule has 1 N–H and O–H groups in total. The van der Waals surface area contributed by atoms with Gasteiger partial charge in [0.05, 0.1) is 9.47 Å². The van der Waals surface area contributed by atoms with Crippen LogP contribution >= 0.6 is 27.3 Å². The van der Waals surface area contributed by atoms with Crippen molar-refractivity contribution in [1.82, 2.24) is 4.98 Å². The van der Waals surface area contributed by atoms with Crippen molar-refractivity contribution in [3.63, 3.8) is 0 Å². The topological polar surface area (TPSA) is 72.2 Å². The van der Waals surface area contributed by atoms with Crippen molar-refractivity contribution in [2.24, 2.45) is 0 Å².